The zero-order chi connectivity index (χ0) is 9.28. The van der Waals surface area contributed by atoms with Crippen LogP contribution in [0.3, 0.4) is 0 Å². The molecule has 0 aromatic rings. The molecule has 0 fully saturated rings. The molecule has 0 aliphatic heterocycles. The van der Waals surface area contributed by atoms with E-state index in [0.29, 0.717) is 0 Å². The highest BCUT2D eigenvalue weighted by atomic mass is 19.4. The van der Waals surface area contributed by atoms with Gasteiger partial charge in [0, 0.05) is 0 Å². The Kier molecular flexibility index (Phi) is 2.50. The highest BCUT2D eigenvalue weighted by Gasteiger charge is 2.40. The standard InChI is InChI=1S/C5H8F3NO2/c1-4(2,11)9-3(10)5(6,7)8/h11H,1-2H3,(H,9,10). The topological polar surface area (TPSA) is 49.3 Å². The molecule has 0 atom stereocenters. The third-order valence-electron chi connectivity index (χ3n) is 0.677. The Labute approximate surface area is 61.2 Å². The van der Waals surface area contributed by atoms with Gasteiger partial charge < -0.3 is 10.4 Å². The van der Waals surface area contributed by atoms with Crippen molar-refractivity contribution >= 4 is 5.91 Å². The van der Waals surface area contributed by atoms with E-state index in [2.05, 4.69) is 0 Å². The van der Waals surface area contributed by atoms with Crippen molar-refractivity contribution in [1.82, 2.24) is 5.32 Å². The van der Waals surface area contributed by atoms with Gasteiger partial charge in [-0.05, 0) is 13.8 Å². The van der Waals surface area contributed by atoms with Gasteiger partial charge in [0.05, 0.1) is 0 Å². The summed E-state index contributed by atoms with van der Waals surface area (Å²) in [5.41, 5.74) is -1.84. The molecule has 0 radical (unpaired) electrons. The average molecular weight is 171 g/mol. The molecule has 0 aliphatic rings. The first-order valence-corrected chi connectivity index (χ1v) is 2.74. The lowest BCUT2D eigenvalue weighted by Gasteiger charge is -2.19. The second-order valence-electron chi connectivity index (χ2n) is 2.51. The molecular formula is C5H8F3NO2. The molecule has 1 amide bonds. The number of rotatable bonds is 1. The predicted octanol–water partition coefficient (Wildman–Crippen LogP) is 0.393. The monoisotopic (exact) mass is 171 g/mol. The maximum absolute atomic E-state index is 11.5. The number of aliphatic hydroxyl groups is 1. The summed E-state index contributed by atoms with van der Waals surface area (Å²) in [6.07, 6.45) is -4.94. The number of carbonyl (C=O) groups excluding carboxylic acids is 1. The van der Waals surface area contributed by atoms with Gasteiger partial charge in [-0.2, -0.15) is 13.2 Å². The van der Waals surface area contributed by atoms with Crippen LogP contribution >= 0.6 is 0 Å². The van der Waals surface area contributed by atoms with Crippen LogP contribution < -0.4 is 5.32 Å². The van der Waals surface area contributed by atoms with Crippen molar-refractivity contribution in [3.05, 3.63) is 0 Å². The van der Waals surface area contributed by atoms with E-state index in [1.165, 1.54) is 5.32 Å². The highest BCUT2D eigenvalue weighted by Crippen LogP contribution is 2.15. The SMILES string of the molecule is CC(C)(O)NC(=O)C(F)(F)F. The Bertz CT molecular complexity index is 158. The number of halogens is 3. The van der Waals surface area contributed by atoms with Crippen LogP contribution in [-0.2, 0) is 4.79 Å². The van der Waals surface area contributed by atoms with E-state index in [9.17, 15) is 18.0 Å². The van der Waals surface area contributed by atoms with Crippen molar-refractivity contribution in [3.63, 3.8) is 0 Å². The van der Waals surface area contributed by atoms with Gasteiger partial charge in [-0.15, -0.1) is 0 Å². The molecule has 0 saturated carbocycles. The normalized spacial score (nSPS) is 12.9. The van der Waals surface area contributed by atoms with Crippen LogP contribution in [0.2, 0.25) is 0 Å². The van der Waals surface area contributed by atoms with Crippen molar-refractivity contribution in [2.75, 3.05) is 0 Å². The molecule has 3 nitrogen and oxygen atoms in total. The molecule has 0 spiro atoms. The fourth-order valence-electron chi connectivity index (χ4n) is 0.349. The first-order valence-electron chi connectivity index (χ1n) is 2.74. The molecule has 11 heavy (non-hydrogen) atoms. The van der Waals surface area contributed by atoms with Crippen molar-refractivity contribution in [1.29, 1.82) is 0 Å². The van der Waals surface area contributed by atoms with E-state index >= 15 is 0 Å². The lowest BCUT2D eigenvalue weighted by atomic mass is 10.3. The molecule has 0 bridgehead atoms. The molecule has 0 rings (SSSR count). The van der Waals surface area contributed by atoms with Crippen LogP contribution in [0.5, 0.6) is 0 Å². The minimum atomic E-state index is -4.94. The fraction of sp³-hybridized carbons (Fsp3) is 0.800. The van der Waals surface area contributed by atoms with Crippen LogP contribution in [0.1, 0.15) is 13.8 Å². The average Bonchev–Trinajstić information content (AvgIpc) is 1.56. The van der Waals surface area contributed by atoms with E-state index < -0.39 is 17.8 Å². The minimum absolute atomic E-state index is 1.04. The van der Waals surface area contributed by atoms with Crippen molar-refractivity contribution < 1.29 is 23.1 Å². The molecule has 0 aliphatic carbocycles. The molecule has 66 valence electrons. The molecule has 6 heteroatoms. The largest absolute Gasteiger partial charge is 0.471 e. The van der Waals surface area contributed by atoms with Gasteiger partial charge in [-0.25, -0.2) is 0 Å². The van der Waals surface area contributed by atoms with Gasteiger partial charge in [0.1, 0.15) is 5.72 Å². The van der Waals surface area contributed by atoms with Gasteiger partial charge in [0.25, 0.3) is 0 Å². The van der Waals surface area contributed by atoms with Gasteiger partial charge in [-0.3, -0.25) is 4.79 Å². The van der Waals surface area contributed by atoms with Gasteiger partial charge in [0.15, 0.2) is 0 Å². The van der Waals surface area contributed by atoms with Crippen LogP contribution in [0.15, 0.2) is 0 Å². The maximum atomic E-state index is 11.5. The number of hydrogen-bond donors (Lipinski definition) is 2. The molecule has 0 aromatic heterocycles. The van der Waals surface area contributed by atoms with E-state index in [4.69, 9.17) is 5.11 Å². The molecule has 2 N–H and O–H groups in total. The first-order chi connectivity index (χ1) is 4.63. The molecule has 0 unspecified atom stereocenters. The predicted molar refractivity (Wildman–Crippen MR) is 30.5 cm³/mol. The van der Waals surface area contributed by atoms with Crippen molar-refractivity contribution in [2.24, 2.45) is 0 Å². The molecule has 0 heterocycles. The van der Waals surface area contributed by atoms with Gasteiger partial charge in [0.2, 0.25) is 0 Å². The summed E-state index contributed by atoms with van der Waals surface area (Å²) in [5.74, 6) is -2.15. The Morgan fingerprint density at radius 2 is 1.73 bits per heavy atom. The number of amides is 1. The van der Waals surface area contributed by atoms with Crippen molar-refractivity contribution in [2.45, 2.75) is 25.7 Å². The van der Waals surface area contributed by atoms with E-state index in [-0.39, 0.29) is 0 Å². The zero-order valence-corrected chi connectivity index (χ0v) is 5.99. The van der Waals surface area contributed by atoms with E-state index in [1.54, 1.807) is 0 Å². The first kappa shape index (κ1) is 10.2. The summed E-state index contributed by atoms with van der Waals surface area (Å²) in [7, 11) is 0. The third kappa shape index (κ3) is 4.60. The summed E-state index contributed by atoms with van der Waals surface area (Å²) >= 11 is 0. The highest BCUT2D eigenvalue weighted by molar-refractivity contribution is 5.82. The fourth-order valence-corrected chi connectivity index (χ4v) is 0.349. The van der Waals surface area contributed by atoms with E-state index in [1.807, 2.05) is 0 Å². The van der Waals surface area contributed by atoms with Crippen LogP contribution in [-0.4, -0.2) is 22.9 Å². The second kappa shape index (κ2) is 2.69. The molecule has 0 aromatic carbocycles. The van der Waals surface area contributed by atoms with Gasteiger partial charge in [-0.1, -0.05) is 0 Å². The number of carbonyl (C=O) groups is 1. The number of hydrogen-bond acceptors (Lipinski definition) is 2. The van der Waals surface area contributed by atoms with Crippen LogP contribution in [0, 0.1) is 0 Å². The summed E-state index contributed by atoms with van der Waals surface area (Å²) in [5, 5.41) is 10.1. The number of nitrogens with one attached hydrogen (secondary N) is 1. The van der Waals surface area contributed by atoms with Crippen LogP contribution in [0.4, 0.5) is 13.2 Å². The third-order valence-corrected chi connectivity index (χ3v) is 0.677. The molecule has 0 saturated heterocycles. The summed E-state index contributed by atoms with van der Waals surface area (Å²) < 4.78 is 34.4. The van der Waals surface area contributed by atoms with Crippen LogP contribution in [0.25, 0.3) is 0 Å². The minimum Gasteiger partial charge on any atom is -0.372 e. The zero-order valence-electron chi connectivity index (χ0n) is 5.99. The summed E-state index contributed by atoms with van der Waals surface area (Å²) in [6.45, 7) is 2.08. The Hall–Kier alpha value is -0.780. The Morgan fingerprint density at radius 1 is 1.36 bits per heavy atom. The smallest absolute Gasteiger partial charge is 0.372 e. The Balaban J connectivity index is 4.11. The second-order valence-corrected chi connectivity index (χ2v) is 2.51. The lowest BCUT2D eigenvalue weighted by Crippen LogP contribution is -2.48. The molecular weight excluding hydrogens is 163 g/mol. The Morgan fingerprint density at radius 3 is 1.82 bits per heavy atom. The quantitative estimate of drug-likeness (QED) is 0.561. The van der Waals surface area contributed by atoms with E-state index in [0.717, 1.165) is 13.8 Å². The van der Waals surface area contributed by atoms with Crippen molar-refractivity contribution in [3.8, 4) is 0 Å². The lowest BCUT2D eigenvalue weighted by molar-refractivity contribution is -0.179. The number of alkyl halides is 3. The summed E-state index contributed by atoms with van der Waals surface area (Å²) in [4.78, 5) is 10.1. The summed E-state index contributed by atoms with van der Waals surface area (Å²) in [6, 6.07) is 0. The van der Waals surface area contributed by atoms with Gasteiger partial charge >= 0.3 is 12.1 Å². The maximum Gasteiger partial charge on any atom is 0.471 e.